The first kappa shape index (κ1) is 7.74. The molecule has 0 saturated heterocycles. The Balaban J connectivity index is 2.21. The van der Waals surface area contributed by atoms with Crippen LogP contribution in [0.5, 0.6) is 0 Å². The van der Waals surface area contributed by atoms with E-state index in [1.165, 1.54) is 12.1 Å². The highest BCUT2D eigenvalue weighted by Gasteiger charge is 2.47. The molecule has 12 heavy (non-hydrogen) atoms. The average molecular weight is 165 g/mol. The van der Waals surface area contributed by atoms with Gasteiger partial charge < -0.3 is 5.73 Å². The van der Waals surface area contributed by atoms with E-state index < -0.39 is 0 Å². The maximum atomic E-state index is 12.5. The molecule has 1 aromatic rings. The predicted molar refractivity (Wildman–Crippen MR) is 46.4 cm³/mol. The molecule has 2 N–H and O–H groups in total. The molecule has 2 atom stereocenters. The third-order valence-corrected chi connectivity index (χ3v) is 2.55. The van der Waals surface area contributed by atoms with E-state index in [1.54, 1.807) is 0 Å². The van der Waals surface area contributed by atoms with Gasteiger partial charge in [0, 0.05) is 11.5 Å². The molecule has 0 aliphatic heterocycles. The second-order valence-corrected chi connectivity index (χ2v) is 3.81. The molecule has 1 aliphatic carbocycles. The van der Waals surface area contributed by atoms with Gasteiger partial charge in [-0.1, -0.05) is 12.1 Å². The lowest BCUT2D eigenvalue weighted by Crippen LogP contribution is -2.18. The van der Waals surface area contributed by atoms with Gasteiger partial charge in [-0.2, -0.15) is 0 Å². The fourth-order valence-corrected chi connectivity index (χ4v) is 1.57. The van der Waals surface area contributed by atoms with Gasteiger partial charge in [0.2, 0.25) is 0 Å². The zero-order valence-electron chi connectivity index (χ0n) is 7.05. The topological polar surface area (TPSA) is 26.0 Å². The Bertz CT molecular complexity index is 289. The molecule has 1 saturated carbocycles. The van der Waals surface area contributed by atoms with Crippen LogP contribution in [-0.4, -0.2) is 5.54 Å². The van der Waals surface area contributed by atoms with Crippen molar-refractivity contribution in [1.29, 1.82) is 0 Å². The van der Waals surface area contributed by atoms with Crippen molar-refractivity contribution < 1.29 is 4.39 Å². The van der Waals surface area contributed by atoms with E-state index in [2.05, 4.69) is 0 Å². The maximum absolute atomic E-state index is 12.5. The van der Waals surface area contributed by atoms with Crippen LogP contribution in [0.4, 0.5) is 4.39 Å². The van der Waals surface area contributed by atoms with E-state index >= 15 is 0 Å². The molecule has 1 fully saturated rings. The van der Waals surface area contributed by atoms with Crippen molar-refractivity contribution in [1.82, 2.24) is 0 Å². The van der Waals surface area contributed by atoms with E-state index in [0.29, 0.717) is 5.92 Å². The van der Waals surface area contributed by atoms with Crippen molar-refractivity contribution in [2.75, 3.05) is 0 Å². The summed E-state index contributed by atoms with van der Waals surface area (Å²) in [6.45, 7) is 2.03. The summed E-state index contributed by atoms with van der Waals surface area (Å²) in [4.78, 5) is 0. The molecule has 2 rings (SSSR count). The maximum Gasteiger partial charge on any atom is 0.123 e. The molecular weight excluding hydrogens is 153 g/mol. The smallest absolute Gasteiger partial charge is 0.123 e. The van der Waals surface area contributed by atoms with E-state index in [0.717, 1.165) is 12.0 Å². The van der Waals surface area contributed by atoms with Gasteiger partial charge in [-0.05, 0) is 31.0 Å². The van der Waals surface area contributed by atoms with Gasteiger partial charge in [0.1, 0.15) is 5.82 Å². The minimum absolute atomic E-state index is 0.0577. The molecule has 0 radical (unpaired) electrons. The molecule has 0 heterocycles. The van der Waals surface area contributed by atoms with Crippen LogP contribution < -0.4 is 5.73 Å². The van der Waals surface area contributed by atoms with Gasteiger partial charge >= 0.3 is 0 Å². The summed E-state index contributed by atoms with van der Waals surface area (Å²) in [5.41, 5.74) is 6.98. The number of benzene rings is 1. The first-order valence-electron chi connectivity index (χ1n) is 4.14. The number of hydrogen-bond acceptors (Lipinski definition) is 1. The van der Waals surface area contributed by atoms with Crippen LogP contribution in [0.3, 0.4) is 0 Å². The molecule has 0 unspecified atom stereocenters. The summed E-state index contributed by atoms with van der Waals surface area (Å²) in [5.74, 6) is 0.247. The molecule has 1 aliphatic rings. The molecule has 1 nitrogen and oxygen atoms in total. The van der Waals surface area contributed by atoms with Crippen LogP contribution in [0, 0.1) is 5.82 Å². The summed E-state index contributed by atoms with van der Waals surface area (Å²) >= 11 is 0. The highest BCUT2D eigenvalue weighted by Crippen LogP contribution is 2.48. The summed E-state index contributed by atoms with van der Waals surface area (Å²) in [5, 5.41) is 0. The zero-order valence-corrected chi connectivity index (χ0v) is 7.05. The molecule has 2 heteroatoms. The van der Waals surface area contributed by atoms with Crippen molar-refractivity contribution >= 4 is 0 Å². The monoisotopic (exact) mass is 165 g/mol. The summed E-state index contributed by atoms with van der Waals surface area (Å²) in [7, 11) is 0. The van der Waals surface area contributed by atoms with Crippen LogP contribution in [0.15, 0.2) is 24.3 Å². The third kappa shape index (κ3) is 1.23. The molecule has 0 bridgehead atoms. The predicted octanol–water partition coefficient (Wildman–Crippen LogP) is 2.03. The average Bonchev–Trinajstić information content (AvgIpc) is 2.61. The third-order valence-electron chi connectivity index (χ3n) is 2.55. The molecular formula is C10H12FN. The second-order valence-electron chi connectivity index (χ2n) is 3.81. The summed E-state index contributed by atoms with van der Waals surface area (Å²) in [6.07, 6.45) is 1.01. The Hall–Kier alpha value is -0.890. The van der Waals surface area contributed by atoms with Gasteiger partial charge in [-0.3, -0.25) is 0 Å². The Kier molecular flexibility index (Phi) is 1.48. The molecule has 0 amide bonds. The number of rotatable bonds is 1. The molecule has 0 spiro atoms. The first-order valence-corrected chi connectivity index (χ1v) is 4.14. The van der Waals surface area contributed by atoms with Gasteiger partial charge in [-0.15, -0.1) is 0 Å². The molecule has 64 valence electrons. The van der Waals surface area contributed by atoms with E-state index in [-0.39, 0.29) is 11.4 Å². The lowest BCUT2D eigenvalue weighted by atomic mass is 10.1. The summed E-state index contributed by atoms with van der Waals surface area (Å²) in [6, 6.07) is 6.61. The molecule has 1 aromatic carbocycles. The van der Waals surface area contributed by atoms with E-state index in [4.69, 9.17) is 5.73 Å². The quantitative estimate of drug-likeness (QED) is 0.677. The first-order chi connectivity index (χ1) is 5.59. The van der Waals surface area contributed by atoms with Gasteiger partial charge in [0.25, 0.3) is 0 Å². The van der Waals surface area contributed by atoms with Crippen molar-refractivity contribution in [2.24, 2.45) is 5.73 Å². The lowest BCUT2D eigenvalue weighted by Gasteiger charge is -2.02. The van der Waals surface area contributed by atoms with Crippen molar-refractivity contribution in [2.45, 2.75) is 24.8 Å². The van der Waals surface area contributed by atoms with Gasteiger partial charge in [0.05, 0.1) is 0 Å². The number of halogens is 1. The number of hydrogen-bond donors (Lipinski definition) is 1. The largest absolute Gasteiger partial charge is 0.325 e. The van der Waals surface area contributed by atoms with Crippen molar-refractivity contribution in [3.8, 4) is 0 Å². The Morgan fingerprint density at radius 3 is 2.33 bits per heavy atom. The lowest BCUT2D eigenvalue weighted by molar-refractivity contribution is 0.626. The highest BCUT2D eigenvalue weighted by molar-refractivity contribution is 5.31. The number of nitrogens with two attached hydrogens (primary N) is 1. The normalized spacial score (nSPS) is 33.4. The van der Waals surface area contributed by atoms with Crippen molar-refractivity contribution in [3.05, 3.63) is 35.6 Å². The van der Waals surface area contributed by atoms with Crippen molar-refractivity contribution in [3.63, 3.8) is 0 Å². The van der Waals surface area contributed by atoms with Crippen LogP contribution in [0.2, 0.25) is 0 Å². The SMILES string of the molecule is C[C@]1(N)C[C@@H]1c1ccc(F)cc1. The standard InChI is InChI=1S/C10H12FN/c1-10(12)6-9(10)7-2-4-8(11)5-3-7/h2-5,9H,6,12H2,1H3/t9-,10+/m1/s1. The van der Waals surface area contributed by atoms with Crippen LogP contribution >= 0.6 is 0 Å². The minimum atomic E-state index is -0.182. The fourth-order valence-electron chi connectivity index (χ4n) is 1.57. The van der Waals surface area contributed by atoms with E-state index in [9.17, 15) is 4.39 Å². The van der Waals surface area contributed by atoms with Crippen LogP contribution in [-0.2, 0) is 0 Å². The molecule has 0 aromatic heterocycles. The zero-order chi connectivity index (χ0) is 8.77. The van der Waals surface area contributed by atoms with Gasteiger partial charge in [-0.25, -0.2) is 4.39 Å². The van der Waals surface area contributed by atoms with Gasteiger partial charge in [0.15, 0.2) is 0 Å². The summed E-state index contributed by atoms with van der Waals surface area (Å²) < 4.78 is 12.5. The highest BCUT2D eigenvalue weighted by atomic mass is 19.1. The van der Waals surface area contributed by atoms with Crippen LogP contribution in [0.25, 0.3) is 0 Å². The Labute approximate surface area is 71.4 Å². The fraction of sp³-hybridized carbons (Fsp3) is 0.400. The Morgan fingerprint density at radius 2 is 1.92 bits per heavy atom. The Morgan fingerprint density at radius 1 is 1.42 bits per heavy atom. The van der Waals surface area contributed by atoms with Crippen LogP contribution in [0.1, 0.15) is 24.8 Å². The van der Waals surface area contributed by atoms with E-state index in [1.807, 2.05) is 19.1 Å². The minimum Gasteiger partial charge on any atom is -0.325 e. The second kappa shape index (κ2) is 2.30.